The number of anilines is 1. The van der Waals surface area contributed by atoms with Crippen molar-refractivity contribution in [3.8, 4) is 5.75 Å². The zero-order valence-electron chi connectivity index (χ0n) is 14.2. The smallest absolute Gasteiger partial charge is 0.128 e. The summed E-state index contributed by atoms with van der Waals surface area (Å²) in [5, 5.41) is 0. The highest BCUT2D eigenvalue weighted by molar-refractivity contribution is 5.42. The molecule has 0 saturated carbocycles. The van der Waals surface area contributed by atoms with E-state index in [4.69, 9.17) is 4.74 Å². The Hall–Kier alpha value is -2.07. The predicted molar refractivity (Wildman–Crippen MR) is 94.2 cm³/mol. The molecular weight excluding hydrogens is 286 g/mol. The number of nitrogens with zero attached hydrogens (tertiary/aromatic N) is 3. The Balaban J connectivity index is 1.62. The molecule has 1 aliphatic rings. The number of aromatic nitrogens is 1. The first-order chi connectivity index (χ1) is 11.2. The number of aryl methyl sites for hydroxylation is 2. The van der Waals surface area contributed by atoms with Gasteiger partial charge >= 0.3 is 0 Å². The molecule has 0 unspecified atom stereocenters. The first-order valence-corrected chi connectivity index (χ1v) is 8.20. The first kappa shape index (κ1) is 15.8. The van der Waals surface area contributed by atoms with Crippen molar-refractivity contribution >= 4 is 5.82 Å². The van der Waals surface area contributed by atoms with E-state index in [2.05, 4.69) is 52.9 Å². The van der Waals surface area contributed by atoms with Gasteiger partial charge in [0.05, 0.1) is 7.11 Å². The largest absolute Gasteiger partial charge is 0.496 e. The molecule has 1 saturated heterocycles. The van der Waals surface area contributed by atoms with Crippen molar-refractivity contribution in [3.05, 3.63) is 53.2 Å². The minimum atomic E-state index is 0.978. The number of hydrogen-bond donors (Lipinski definition) is 0. The number of benzene rings is 1. The molecule has 1 aromatic heterocycles. The van der Waals surface area contributed by atoms with Gasteiger partial charge in [-0.2, -0.15) is 0 Å². The minimum Gasteiger partial charge on any atom is -0.496 e. The van der Waals surface area contributed by atoms with Crippen molar-refractivity contribution < 1.29 is 4.74 Å². The van der Waals surface area contributed by atoms with Crippen LogP contribution in [0.2, 0.25) is 0 Å². The molecule has 0 aliphatic carbocycles. The summed E-state index contributed by atoms with van der Waals surface area (Å²) in [7, 11) is 1.73. The zero-order valence-corrected chi connectivity index (χ0v) is 14.2. The van der Waals surface area contributed by atoms with Crippen LogP contribution in [-0.2, 0) is 6.54 Å². The Labute approximate surface area is 138 Å². The number of hydrogen-bond acceptors (Lipinski definition) is 4. The van der Waals surface area contributed by atoms with Crippen LogP contribution in [0.25, 0.3) is 0 Å². The van der Waals surface area contributed by atoms with Crippen molar-refractivity contribution in [1.82, 2.24) is 9.88 Å². The molecule has 3 rings (SSSR count). The van der Waals surface area contributed by atoms with Gasteiger partial charge in [0, 0.05) is 38.9 Å². The summed E-state index contributed by atoms with van der Waals surface area (Å²) >= 11 is 0. The third-order valence-electron chi connectivity index (χ3n) is 4.59. The van der Waals surface area contributed by atoms with Crippen LogP contribution in [0.15, 0.2) is 36.5 Å². The normalized spacial score (nSPS) is 15.7. The number of methoxy groups -OCH3 is 1. The Bertz CT molecular complexity index is 649. The Kier molecular flexibility index (Phi) is 4.82. The van der Waals surface area contributed by atoms with E-state index in [1.165, 1.54) is 16.7 Å². The molecule has 23 heavy (non-hydrogen) atoms. The van der Waals surface area contributed by atoms with Gasteiger partial charge in [-0.15, -0.1) is 0 Å². The third kappa shape index (κ3) is 3.64. The lowest BCUT2D eigenvalue weighted by molar-refractivity contribution is 0.248. The summed E-state index contributed by atoms with van der Waals surface area (Å²) < 4.78 is 5.41. The maximum absolute atomic E-state index is 5.41. The summed E-state index contributed by atoms with van der Waals surface area (Å²) in [6.07, 6.45) is 1.87. The summed E-state index contributed by atoms with van der Waals surface area (Å²) in [6, 6.07) is 10.5. The van der Waals surface area contributed by atoms with E-state index in [9.17, 15) is 0 Å². The van der Waals surface area contributed by atoms with Crippen LogP contribution in [-0.4, -0.2) is 43.2 Å². The van der Waals surface area contributed by atoms with E-state index < -0.39 is 0 Å². The monoisotopic (exact) mass is 311 g/mol. The van der Waals surface area contributed by atoms with Gasteiger partial charge in [-0.05, 0) is 48.7 Å². The van der Waals surface area contributed by atoms with Gasteiger partial charge in [-0.25, -0.2) is 4.98 Å². The highest BCUT2D eigenvalue weighted by atomic mass is 16.5. The van der Waals surface area contributed by atoms with Crippen molar-refractivity contribution in [2.45, 2.75) is 20.4 Å². The van der Waals surface area contributed by atoms with Crippen LogP contribution in [0.4, 0.5) is 5.82 Å². The number of piperazine rings is 1. The fraction of sp³-hybridized carbons (Fsp3) is 0.421. The Morgan fingerprint density at radius 3 is 2.48 bits per heavy atom. The summed E-state index contributed by atoms with van der Waals surface area (Å²) in [6.45, 7) is 9.49. The van der Waals surface area contributed by atoms with Gasteiger partial charge in [-0.3, -0.25) is 4.90 Å². The fourth-order valence-electron chi connectivity index (χ4n) is 3.16. The lowest BCUT2D eigenvalue weighted by Gasteiger charge is -2.35. The van der Waals surface area contributed by atoms with E-state index in [0.717, 1.165) is 44.3 Å². The van der Waals surface area contributed by atoms with Crippen LogP contribution in [0.5, 0.6) is 5.75 Å². The Morgan fingerprint density at radius 1 is 1.04 bits per heavy atom. The number of pyridine rings is 1. The SMILES string of the molecule is COc1cc(C)c(CN2CCN(c3ccccn3)CC2)cc1C. The first-order valence-electron chi connectivity index (χ1n) is 8.20. The van der Waals surface area contributed by atoms with Crippen LogP contribution in [0.1, 0.15) is 16.7 Å². The van der Waals surface area contributed by atoms with Crippen molar-refractivity contribution in [1.29, 1.82) is 0 Å². The maximum atomic E-state index is 5.41. The summed E-state index contributed by atoms with van der Waals surface area (Å²) in [5.41, 5.74) is 3.91. The molecular formula is C19H25N3O. The second-order valence-corrected chi connectivity index (χ2v) is 6.20. The van der Waals surface area contributed by atoms with Crippen molar-refractivity contribution in [2.24, 2.45) is 0 Å². The van der Waals surface area contributed by atoms with Gasteiger partial charge in [0.2, 0.25) is 0 Å². The number of ether oxygens (including phenoxy) is 1. The predicted octanol–water partition coefficient (Wildman–Crippen LogP) is 3.03. The average Bonchev–Trinajstić information content (AvgIpc) is 2.59. The molecule has 0 spiro atoms. The lowest BCUT2D eigenvalue weighted by atomic mass is 10.0. The molecule has 2 aromatic rings. The molecule has 122 valence electrons. The standard InChI is InChI=1S/C19H25N3O/c1-15-13-18(23-3)16(2)12-17(15)14-21-8-10-22(11-9-21)19-6-4-5-7-20-19/h4-7,12-13H,8-11,14H2,1-3H3. The zero-order chi connectivity index (χ0) is 16.2. The van der Waals surface area contributed by atoms with E-state index in [1.54, 1.807) is 7.11 Å². The van der Waals surface area contributed by atoms with Crippen LogP contribution in [0, 0.1) is 13.8 Å². The molecule has 0 atom stereocenters. The molecule has 1 aliphatic heterocycles. The van der Waals surface area contributed by atoms with Gasteiger partial charge in [0.1, 0.15) is 11.6 Å². The second kappa shape index (κ2) is 7.01. The van der Waals surface area contributed by atoms with Crippen LogP contribution < -0.4 is 9.64 Å². The van der Waals surface area contributed by atoms with Crippen molar-refractivity contribution in [3.63, 3.8) is 0 Å². The quantitative estimate of drug-likeness (QED) is 0.868. The molecule has 4 nitrogen and oxygen atoms in total. The van der Waals surface area contributed by atoms with E-state index in [1.807, 2.05) is 12.3 Å². The van der Waals surface area contributed by atoms with Gasteiger partial charge in [0.25, 0.3) is 0 Å². The molecule has 0 N–H and O–H groups in total. The fourth-order valence-corrected chi connectivity index (χ4v) is 3.16. The van der Waals surface area contributed by atoms with Crippen LogP contribution >= 0.6 is 0 Å². The van der Waals surface area contributed by atoms with E-state index >= 15 is 0 Å². The molecule has 1 aromatic carbocycles. The van der Waals surface area contributed by atoms with Crippen molar-refractivity contribution in [2.75, 3.05) is 38.2 Å². The highest BCUT2D eigenvalue weighted by Gasteiger charge is 2.18. The molecule has 2 heterocycles. The van der Waals surface area contributed by atoms with Gasteiger partial charge < -0.3 is 9.64 Å². The second-order valence-electron chi connectivity index (χ2n) is 6.20. The van der Waals surface area contributed by atoms with Gasteiger partial charge in [-0.1, -0.05) is 12.1 Å². The highest BCUT2D eigenvalue weighted by Crippen LogP contribution is 2.24. The molecule has 1 fully saturated rings. The van der Waals surface area contributed by atoms with E-state index in [-0.39, 0.29) is 0 Å². The molecule has 4 heteroatoms. The average molecular weight is 311 g/mol. The maximum Gasteiger partial charge on any atom is 0.128 e. The minimum absolute atomic E-state index is 0.978. The van der Waals surface area contributed by atoms with E-state index in [0.29, 0.717) is 0 Å². The molecule has 0 radical (unpaired) electrons. The molecule has 0 amide bonds. The Morgan fingerprint density at radius 2 is 1.83 bits per heavy atom. The van der Waals surface area contributed by atoms with Gasteiger partial charge in [0.15, 0.2) is 0 Å². The molecule has 0 bridgehead atoms. The third-order valence-corrected chi connectivity index (χ3v) is 4.59. The van der Waals surface area contributed by atoms with Crippen LogP contribution in [0.3, 0.4) is 0 Å². The topological polar surface area (TPSA) is 28.6 Å². The summed E-state index contributed by atoms with van der Waals surface area (Å²) in [4.78, 5) is 9.33. The number of rotatable bonds is 4. The lowest BCUT2D eigenvalue weighted by Crippen LogP contribution is -2.46. The summed E-state index contributed by atoms with van der Waals surface area (Å²) in [5.74, 6) is 2.06.